The minimum absolute atomic E-state index is 0.175. The summed E-state index contributed by atoms with van der Waals surface area (Å²) in [4.78, 5) is 5.87. The first-order valence-corrected chi connectivity index (χ1v) is 20.0. The maximum absolute atomic E-state index is 13.5. The normalized spacial score (nSPS) is 18.4. The lowest BCUT2D eigenvalue weighted by atomic mass is 9.93. The first kappa shape index (κ1) is 39.2. The molecule has 7 rings (SSSR count). The number of hydrogen-bond donors (Lipinski definition) is 2. The van der Waals surface area contributed by atoms with Gasteiger partial charge in [-0.2, -0.15) is 5.26 Å². The fraction of sp³-hybridized carbons (Fsp3) is 0.391. The van der Waals surface area contributed by atoms with Gasteiger partial charge in [0.2, 0.25) is 0 Å². The highest BCUT2D eigenvalue weighted by Gasteiger charge is 2.29. The van der Waals surface area contributed by atoms with Gasteiger partial charge in [0, 0.05) is 61.7 Å². The number of allylic oxidation sites excluding steroid dienone is 1. The van der Waals surface area contributed by atoms with E-state index in [0.717, 1.165) is 97.5 Å². The summed E-state index contributed by atoms with van der Waals surface area (Å²) in [5.41, 5.74) is 9.34. The van der Waals surface area contributed by atoms with Gasteiger partial charge in [0.15, 0.2) is 5.69 Å². The molecule has 0 amide bonds. The Kier molecular flexibility index (Phi) is 12.8. The summed E-state index contributed by atoms with van der Waals surface area (Å²) in [7, 11) is 0. The molecule has 2 aliphatic heterocycles. The molecule has 4 aromatic carbocycles. The van der Waals surface area contributed by atoms with E-state index in [9.17, 15) is 9.65 Å². The van der Waals surface area contributed by atoms with Crippen LogP contribution in [0.15, 0.2) is 79.0 Å². The third kappa shape index (κ3) is 9.48. The number of nitrogens with one attached hydrogen (secondary N) is 2. The first-order chi connectivity index (χ1) is 27.3. The van der Waals surface area contributed by atoms with Crippen LogP contribution in [0.5, 0.6) is 17.2 Å². The van der Waals surface area contributed by atoms with E-state index in [1.165, 1.54) is 11.1 Å². The van der Waals surface area contributed by atoms with Crippen molar-refractivity contribution < 1.29 is 18.6 Å². The van der Waals surface area contributed by atoms with Crippen molar-refractivity contribution in [3.63, 3.8) is 0 Å². The Morgan fingerprint density at radius 3 is 2.61 bits per heavy atom. The van der Waals surface area contributed by atoms with Gasteiger partial charge in [-0.15, -0.1) is 0 Å². The largest absolute Gasteiger partial charge is 0.493 e. The quantitative estimate of drug-likeness (QED) is 0.0976. The number of nitrogens with zero attached hydrogens (tertiary/aromatic N) is 3. The Hall–Kier alpha value is -5.06. The van der Waals surface area contributed by atoms with Crippen molar-refractivity contribution >= 4 is 17.3 Å². The van der Waals surface area contributed by atoms with Crippen molar-refractivity contribution in [2.45, 2.75) is 83.3 Å². The highest BCUT2D eigenvalue weighted by Crippen LogP contribution is 2.44. The van der Waals surface area contributed by atoms with Gasteiger partial charge in [-0.25, -0.2) is 9.24 Å². The standard InChI is InChI=1S/C46H49ClFN5O3/c1-30-11-12-36(28-51-30)52-27-34-24-42(47)46(25-45(34)55-29-33-21-32(26-49)22-37(23-33)50-3)56-44-14-13-40-39(8-4-9-41(40)44)38-7-5-10-43(31(38)2)54-20-6-17-53-18-15-35(48)16-19-53/h4-5,7-10,21-25,35-36,44,51-52H,1,6,11-20,27-29H2,2H3/t36-,44-/m0/s1. The fourth-order valence-electron chi connectivity index (χ4n) is 8.02. The smallest absolute Gasteiger partial charge is 0.188 e. The van der Waals surface area contributed by atoms with Crippen LogP contribution in [0, 0.1) is 24.8 Å². The van der Waals surface area contributed by atoms with Gasteiger partial charge in [-0.3, -0.25) is 0 Å². The Bertz CT molecular complexity index is 2090. The number of rotatable bonds is 14. The average molecular weight is 774 g/mol. The number of likely N-dealkylation sites (tertiary alicyclic amines) is 1. The monoisotopic (exact) mass is 773 g/mol. The third-order valence-corrected chi connectivity index (χ3v) is 11.5. The van der Waals surface area contributed by atoms with Crippen LogP contribution in [-0.2, 0) is 19.6 Å². The number of fused-ring (bicyclic) bond motifs is 1. The minimum atomic E-state index is -0.655. The zero-order chi connectivity index (χ0) is 39.0. The third-order valence-electron chi connectivity index (χ3n) is 11.2. The van der Waals surface area contributed by atoms with E-state index < -0.39 is 6.17 Å². The van der Waals surface area contributed by atoms with E-state index in [0.29, 0.717) is 53.8 Å². The van der Waals surface area contributed by atoms with E-state index in [-0.39, 0.29) is 18.8 Å². The molecule has 290 valence electrons. The van der Waals surface area contributed by atoms with Crippen molar-refractivity contribution in [2.75, 3.05) is 32.8 Å². The van der Waals surface area contributed by atoms with Gasteiger partial charge in [-0.05, 0) is 116 Å². The molecule has 0 unspecified atom stereocenters. The van der Waals surface area contributed by atoms with Crippen molar-refractivity contribution in [3.05, 3.63) is 129 Å². The predicted molar refractivity (Wildman–Crippen MR) is 219 cm³/mol. The fourth-order valence-corrected chi connectivity index (χ4v) is 8.25. The molecular weight excluding hydrogens is 725 g/mol. The lowest BCUT2D eigenvalue weighted by Crippen LogP contribution is -2.41. The molecule has 1 aliphatic carbocycles. The van der Waals surface area contributed by atoms with Crippen molar-refractivity contribution in [3.8, 4) is 34.4 Å². The van der Waals surface area contributed by atoms with Crippen LogP contribution in [0.4, 0.5) is 10.1 Å². The summed E-state index contributed by atoms with van der Waals surface area (Å²) < 4.78 is 33.0. The molecule has 2 atom stereocenters. The van der Waals surface area contributed by atoms with Crippen LogP contribution in [-0.4, -0.2) is 49.9 Å². The summed E-state index contributed by atoms with van der Waals surface area (Å²) in [5, 5.41) is 17.0. The summed E-state index contributed by atoms with van der Waals surface area (Å²) in [6.45, 7) is 18.3. The number of ether oxygens (including phenoxy) is 3. The molecule has 0 spiro atoms. The number of halogens is 2. The second kappa shape index (κ2) is 18.3. The molecule has 3 aliphatic rings. The second-order valence-electron chi connectivity index (χ2n) is 15.1. The van der Waals surface area contributed by atoms with Crippen molar-refractivity contribution in [2.24, 2.45) is 0 Å². The maximum atomic E-state index is 13.5. The Morgan fingerprint density at radius 1 is 1.00 bits per heavy atom. The molecule has 4 aromatic rings. The molecule has 8 nitrogen and oxygen atoms in total. The van der Waals surface area contributed by atoms with Crippen molar-refractivity contribution in [1.82, 2.24) is 15.5 Å². The van der Waals surface area contributed by atoms with E-state index in [1.54, 1.807) is 18.2 Å². The van der Waals surface area contributed by atoms with Crippen LogP contribution >= 0.6 is 11.6 Å². The van der Waals surface area contributed by atoms with Crippen LogP contribution in [0.3, 0.4) is 0 Å². The SMILES string of the molecule is [C-]#[N+]c1cc(C#N)cc(COc2cc(O[C@H]3CCc4c(-c5cccc(OCCCN6CCC(F)CC6)c5C)cccc43)c(Cl)cc2CN[C@H]2CCC(=C)NC2)c1. The van der Waals surface area contributed by atoms with Gasteiger partial charge in [-0.1, -0.05) is 48.5 Å². The van der Waals surface area contributed by atoms with Gasteiger partial charge >= 0.3 is 0 Å². The number of alkyl halides is 1. The molecule has 0 aromatic heterocycles. The summed E-state index contributed by atoms with van der Waals surface area (Å²) in [6.07, 6.45) is 4.88. The summed E-state index contributed by atoms with van der Waals surface area (Å²) >= 11 is 6.98. The molecule has 2 saturated heterocycles. The lowest BCUT2D eigenvalue weighted by Gasteiger charge is -2.28. The molecule has 0 radical (unpaired) electrons. The van der Waals surface area contributed by atoms with Gasteiger partial charge in [0.1, 0.15) is 36.1 Å². The summed E-state index contributed by atoms with van der Waals surface area (Å²) in [6, 6.07) is 24.0. The predicted octanol–water partition coefficient (Wildman–Crippen LogP) is 9.94. The van der Waals surface area contributed by atoms with Gasteiger partial charge in [0.05, 0.1) is 24.3 Å². The Labute approximate surface area is 335 Å². The van der Waals surface area contributed by atoms with Crippen LogP contribution in [0.25, 0.3) is 16.0 Å². The Balaban J connectivity index is 1.07. The number of piperidine rings is 2. The van der Waals surface area contributed by atoms with Crippen molar-refractivity contribution in [1.29, 1.82) is 5.26 Å². The van der Waals surface area contributed by atoms with E-state index in [1.807, 2.05) is 18.2 Å². The molecule has 10 heteroatoms. The zero-order valence-corrected chi connectivity index (χ0v) is 32.8. The highest BCUT2D eigenvalue weighted by molar-refractivity contribution is 6.32. The van der Waals surface area contributed by atoms with E-state index in [4.69, 9.17) is 32.4 Å². The lowest BCUT2D eigenvalue weighted by molar-refractivity contribution is 0.143. The van der Waals surface area contributed by atoms with Crippen LogP contribution in [0.1, 0.15) is 78.0 Å². The molecule has 2 heterocycles. The molecule has 0 bridgehead atoms. The molecule has 56 heavy (non-hydrogen) atoms. The number of benzene rings is 4. The molecule has 2 N–H and O–H groups in total. The van der Waals surface area contributed by atoms with Gasteiger partial charge < -0.3 is 29.7 Å². The second-order valence-corrected chi connectivity index (χ2v) is 15.5. The summed E-state index contributed by atoms with van der Waals surface area (Å²) in [5.74, 6) is 2.05. The minimum Gasteiger partial charge on any atom is -0.493 e. The van der Waals surface area contributed by atoms with Gasteiger partial charge in [0.25, 0.3) is 0 Å². The first-order valence-electron chi connectivity index (χ1n) is 19.7. The molecule has 2 fully saturated rings. The topological polar surface area (TPSA) is 83.1 Å². The maximum Gasteiger partial charge on any atom is 0.188 e. The number of hydrogen-bond acceptors (Lipinski definition) is 7. The highest BCUT2D eigenvalue weighted by atomic mass is 35.5. The van der Waals surface area contributed by atoms with Crippen LogP contribution in [0.2, 0.25) is 5.02 Å². The molecule has 0 saturated carbocycles. The number of nitriles is 1. The van der Waals surface area contributed by atoms with E-state index >= 15 is 0 Å². The molecular formula is C46H49ClFN5O3. The van der Waals surface area contributed by atoms with E-state index in [2.05, 4.69) is 70.3 Å². The van der Waals surface area contributed by atoms with Crippen LogP contribution < -0.4 is 24.8 Å². The average Bonchev–Trinajstić information content (AvgIpc) is 3.63. The Morgan fingerprint density at radius 2 is 1.82 bits per heavy atom. The zero-order valence-electron chi connectivity index (χ0n) is 32.0.